The van der Waals surface area contributed by atoms with Crippen LogP contribution in [0.2, 0.25) is 18.1 Å². The monoisotopic (exact) mass is 575 g/mol. The normalized spacial score (nSPS) is 32.9. The summed E-state index contributed by atoms with van der Waals surface area (Å²) in [5, 5.41) is 13.9. The second kappa shape index (κ2) is 12.5. The second-order valence-corrected chi connectivity index (χ2v) is 19.2. The number of aryl methyl sites for hydroxylation is 1. The molecule has 0 amide bonds. The van der Waals surface area contributed by atoms with E-state index in [1.807, 2.05) is 39.2 Å². The summed E-state index contributed by atoms with van der Waals surface area (Å²) in [4.78, 5) is 32.0. The number of ketones is 1. The van der Waals surface area contributed by atoms with E-state index >= 15 is 0 Å². The van der Waals surface area contributed by atoms with Crippen molar-refractivity contribution >= 4 is 37.5 Å². The van der Waals surface area contributed by atoms with Gasteiger partial charge in [0.1, 0.15) is 11.9 Å². The van der Waals surface area contributed by atoms with Gasteiger partial charge in [0.05, 0.1) is 34.7 Å². The van der Waals surface area contributed by atoms with Gasteiger partial charge in [0.15, 0.2) is 8.32 Å². The number of allylic oxidation sites excluding steroid dienone is 1. The first-order valence-corrected chi connectivity index (χ1v) is 18.2. The molecule has 0 spiro atoms. The molecule has 1 N–H and O–H groups in total. The molecule has 6 nitrogen and oxygen atoms in total. The molecule has 0 saturated heterocycles. The van der Waals surface area contributed by atoms with Gasteiger partial charge in [-0.2, -0.15) is 0 Å². The quantitative estimate of drug-likeness (QED) is 0.231. The summed E-state index contributed by atoms with van der Waals surface area (Å²) in [6.07, 6.45) is 8.25. The van der Waals surface area contributed by atoms with Crippen LogP contribution in [0.15, 0.2) is 23.1 Å². The molecule has 2 aliphatic rings. The Morgan fingerprint density at radius 2 is 1.97 bits per heavy atom. The van der Waals surface area contributed by atoms with Gasteiger partial charge in [-0.3, -0.25) is 9.59 Å². The number of aliphatic hydroxyl groups is 1. The van der Waals surface area contributed by atoms with Gasteiger partial charge in [-0.1, -0.05) is 46.8 Å². The molecule has 1 aliphatic carbocycles. The summed E-state index contributed by atoms with van der Waals surface area (Å²) in [7, 11) is -2.34. The Morgan fingerprint density at radius 3 is 2.59 bits per heavy atom. The molecular formula is C31H49NO5SSi. The van der Waals surface area contributed by atoms with Gasteiger partial charge >= 0.3 is 5.97 Å². The minimum atomic E-state index is -2.34. The number of esters is 1. The van der Waals surface area contributed by atoms with E-state index in [0.29, 0.717) is 12.8 Å². The molecule has 2 heterocycles. The van der Waals surface area contributed by atoms with Gasteiger partial charge in [0, 0.05) is 17.7 Å². The molecule has 1 saturated carbocycles. The first kappa shape index (κ1) is 31.9. The van der Waals surface area contributed by atoms with E-state index in [9.17, 15) is 14.7 Å². The number of fused-ring (bicyclic) bond motifs is 2. The zero-order valence-corrected chi connectivity index (χ0v) is 27.2. The second-order valence-electron chi connectivity index (χ2n) is 13.4. The first-order chi connectivity index (χ1) is 18.0. The minimum Gasteiger partial charge on any atom is -0.457 e. The van der Waals surface area contributed by atoms with Crippen LogP contribution >= 0.6 is 11.3 Å². The zero-order chi connectivity index (χ0) is 29.2. The van der Waals surface area contributed by atoms with Crippen molar-refractivity contribution in [2.24, 2.45) is 17.3 Å². The average molecular weight is 576 g/mol. The molecule has 39 heavy (non-hydrogen) atoms. The molecule has 1 fully saturated rings. The van der Waals surface area contributed by atoms with Gasteiger partial charge in [0.2, 0.25) is 0 Å². The Labute approximate surface area is 240 Å². The average Bonchev–Trinajstić information content (AvgIpc) is 3.24. The number of ether oxygens (including phenoxy) is 1. The first-order valence-electron chi connectivity index (χ1n) is 14.4. The number of nitrogens with zero attached hydrogens (tertiary/aromatic N) is 1. The fourth-order valence-electron chi connectivity index (χ4n) is 5.64. The molecule has 218 valence electrons. The summed E-state index contributed by atoms with van der Waals surface area (Å²) in [5.41, 5.74) is 0.924. The van der Waals surface area contributed by atoms with Crippen molar-refractivity contribution in [1.29, 1.82) is 0 Å². The van der Waals surface area contributed by atoms with Crippen LogP contribution in [-0.4, -0.2) is 48.5 Å². The van der Waals surface area contributed by atoms with Crippen molar-refractivity contribution in [2.45, 2.75) is 123 Å². The van der Waals surface area contributed by atoms with Crippen molar-refractivity contribution in [3.63, 3.8) is 0 Å². The van der Waals surface area contributed by atoms with E-state index in [4.69, 9.17) is 9.16 Å². The lowest BCUT2D eigenvalue weighted by Gasteiger charge is -2.50. The van der Waals surface area contributed by atoms with Crippen LogP contribution in [0.3, 0.4) is 0 Å². The summed E-state index contributed by atoms with van der Waals surface area (Å²) < 4.78 is 13.0. The minimum absolute atomic E-state index is 0.00753. The van der Waals surface area contributed by atoms with Crippen molar-refractivity contribution in [3.8, 4) is 0 Å². The van der Waals surface area contributed by atoms with Gasteiger partial charge in [-0.05, 0) is 75.2 Å². The number of Topliss-reactive ketones (excluding diaryl/α,β-unsaturated/α-hetero) is 1. The molecule has 1 aromatic rings. The zero-order valence-electron chi connectivity index (χ0n) is 25.4. The number of aromatic nitrogens is 1. The lowest BCUT2D eigenvalue weighted by atomic mass is 9.60. The number of carbonyl (C=O) groups is 2. The molecule has 8 heteroatoms. The van der Waals surface area contributed by atoms with Gasteiger partial charge in [-0.25, -0.2) is 4.98 Å². The highest BCUT2D eigenvalue weighted by Crippen LogP contribution is 2.48. The van der Waals surface area contributed by atoms with Crippen LogP contribution < -0.4 is 0 Å². The highest BCUT2D eigenvalue weighted by atomic mass is 32.1. The molecule has 0 aromatic carbocycles. The van der Waals surface area contributed by atoms with Gasteiger partial charge in [0.25, 0.3) is 0 Å². The Bertz CT molecular complexity index is 1090. The lowest BCUT2D eigenvalue weighted by molar-refractivity contribution is -0.160. The number of carbonyl (C=O) groups excluding carboxylic acids is 2. The largest absolute Gasteiger partial charge is 0.457 e. The molecule has 6 atom stereocenters. The lowest BCUT2D eigenvalue weighted by Crippen LogP contribution is -2.57. The van der Waals surface area contributed by atoms with Crippen molar-refractivity contribution in [2.75, 3.05) is 0 Å². The molecule has 1 aromatic heterocycles. The molecular weight excluding hydrogens is 526 g/mol. The fraction of sp³-hybridized carbons (Fsp3) is 0.710. The van der Waals surface area contributed by atoms with Crippen LogP contribution in [0.25, 0.3) is 6.08 Å². The Hall–Kier alpha value is -1.61. The third kappa shape index (κ3) is 7.57. The molecule has 0 radical (unpaired) electrons. The third-order valence-electron chi connectivity index (χ3n) is 9.22. The van der Waals surface area contributed by atoms with Crippen LogP contribution in [0, 0.1) is 24.2 Å². The predicted octanol–water partition coefficient (Wildman–Crippen LogP) is 7.27. The van der Waals surface area contributed by atoms with E-state index in [-0.39, 0.29) is 29.1 Å². The topological polar surface area (TPSA) is 85.7 Å². The Balaban J connectivity index is 1.99. The van der Waals surface area contributed by atoms with E-state index in [1.54, 1.807) is 11.3 Å². The van der Waals surface area contributed by atoms with Crippen LogP contribution in [0.1, 0.15) is 90.8 Å². The van der Waals surface area contributed by atoms with E-state index < -0.39 is 38.0 Å². The van der Waals surface area contributed by atoms with Crippen molar-refractivity contribution in [3.05, 3.63) is 33.8 Å². The number of cyclic esters (lactones) is 1. The Morgan fingerprint density at radius 1 is 1.28 bits per heavy atom. The van der Waals surface area contributed by atoms with Crippen LogP contribution in [0.4, 0.5) is 0 Å². The van der Waals surface area contributed by atoms with E-state index in [1.165, 1.54) is 0 Å². The molecule has 1 aliphatic heterocycles. The van der Waals surface area contributed by atoms with Crippen LogP contribution in [-0.2, 0) is 18.8 Å². The number of rotatable bonds is 4. The Kier molecular flexibility index (Phi) is 10.2. The standard InChI is InChI=1S/C31H49NO5SSi/c1-20(16-24-19-38-22(3)32-24)25-15-13-11-10-12-14-23-18-31(7,29(35)21(2)28(23)34)26(17-27(33)36-25)37-39(8,9)30(4,5)6/h11,13,16,19,21,23,25-26,28,34H,10,12,14-15,17-18H2,1-9H3/b13-11-,20-16+/t21-,23+,25-,26-,28-,31+/m0/s1. The van der Waals surface area contributed by atoms with Crippen LogP contribution in [0.5, 0.6) is 0 Å². The molecule has 0 unspecified atom stereocenters. The highest BCUT2D eigenvalue weighted by molar-refractivity contribution is 7.09. The smallest absolute Gasteiger partial charge is 0.309 e. The number of hydrogen-bond acceptors (Lipinski definition) is 7. The molecule has 3 rings (SSSR count). The number of aliphatic hydroxyl groups excluding tert-OH is 1. The number of hydrogen-bond donors (Lipinski definition) is 1. The highest BCUT2D eigenvalue weighted by Gasteiger charge is 2.54. The number of thiazole rings is 1. The maximum absolute atomic E-state index is 13.8. The maximum Gasteiger partial charge on any atom is 0.309 e. The predicted molar refractivity (Wildman–Crippen MR) is 161 cm³/mol. The van der Waals surface area contributed by atoms with Gasteiger partial charge < -0.3 is 14.3 Å². The summed E-state index contributed by atoms with van der Waals surface area (Å²) in [6, 6.07) is 0. The SMILES string of the molecule is C/C(=C\c1csc(C)n1)[C@@H]1C/C=C\CCC[C@@H]2C[C@@](C)(C(=O)[C@@H](C)[C@@H]2O)[C@@H](O[Si](C)(C)C(C)(C)C)CC(=O)O1. The van der Waals surface area contributed by atoms with E-state index in [0.717, 1.165) is 35.5 Å². The summed E-state index contributed by atoms with van der Waals surface area (Å²) >= 11 is 1.59. The fourth-order valence-corrected chi connectivity index (χ4v) is 7.61. The maximum atomic E-state index is 13.8. The van der Waals surface area contributed by atoms with E-state index in [2.05, 4.69) is 51.0 Å². The van der Waals surface area contributed by atoms with Crippen molar-refractivity contribution < 1.29 is 23.9 Å². The van der Waals surface area contributed by atoms with Gasteiger partial charge in [-0.15, -0.1) is 11.3 Å². The molecule has 2 bridgehead atoms. The third-order valence-corrected chi connectivity index (χ3v) is 14.5. The summed E-state index contributed by atoms with van der Waals surface area (Å²) in [6.45, 7) is 18.5. The summed E-state index contributed by atoms with van der Waals surface area (Å²) in [5.74, 6) is -0.889. The van der Waals surface area contributed by atoms with Crippen molar-refractivity contribution in [1.82, 2.24) is 4.98 Å².